The second-order valence-corrected chi connectivity index (χ2v) is 6.66. The number of nitrogens with one attached hydrogen (secondary N) is 1. The number of nitrogens with zero attached hydrogens (tertiary/aromatic N) is 1. The molecule has 0 aromatic heterocycles. The Labute approximate surface area is 119 Å². The fourth-order valence-corrected chi connectivity index (χ4v) is 3.73. The molecule has 1 N–H and O–H groups in total. The Morgan fingerprint density at radius 1 is 1.26 bits per heavy atom. The molecule has 2 aliphatic rings. The molecule has 1 saturated carbocycles. The maximum Gasteiger partial charge on any atom is 0.0593 e. The third-order valence-electron chi connectivity index (χ3n) is 5.08. The van der Waals surface area contributed by atoms with Gasteiger partial charge in [0, 0.05) is 37.8 Å². The first-order valence-electron chi connectivity index (χ1n) is 8.24. The first-order valence-corrected chi connectivity index (χ1v) is 8.24. The van der Waals surface area contributed by atoms with E-state index in [4.69, 9.17) is 4.74 Å². The minimum absolute atomic E-state index is 0.431. The highest BCUT2D eigenvalue weighted by atomic mass is 16.5. The van der Waals surface area contributed by atoms with E-state index in [2.05, 4.69) is 31.0 Å². The van der Waals surface area contributed by atoms with E-state index in [1.165, 1.54) is 45.2 Å². The van der Waals surface area contributed by atoms with Crippen molar-refractivity contribution in [3.05, 3.63) is 0 Å². The van der Waals surface area contributed by atoms with Gasteiger partial charge in [0.2, 0.25) is 0 Å². The Morgan fingerprint density at radius 2 is 2.00 bits per heavy atom. The molecule has 3 heteroatoms. The van der Waals surface area contributed by atoms with Crippen molar-refractivity contribution >= 4 is 0 Å². The van der Waals surface area contributed by atoms with Crippen LogP contribution in [0.4, 0.5) is 0 Å². The van der Waals surface area contributed by atoms with Gasteiger partial charge in [-0.2, -0.15) is 0 Å². The Balaban J connectivity index is 1.99. The highest BCUT2D eigenvalue weighted by Crippen LogP contribution is 2.35. The Morgan fingerprint density at radius 3 is 2.63 bits per heavy atom. The summed E-state index contributed by atoms with van der Waals surface area (Å²) in [4.78, 5) is 2.75. The molecule has 112 valence electrons. The van der Waals surface area contributed by atoms with Crippen LogP contribution in [0.1, 0.15) is 52.9 Å². The van der Waals surface area contributed by atoms with Crippen molar-refractivity contribution in [2.75, 3.05) is 32.8 Å². The number of hydrogen-bond donors (Lipinski definition) is 1. The fraction of sp³-hybridized carbons (Fsp3) is 1.00. The van der Waals surface area contributed by atoms with Gasteiger partial charge in [0.25, 0.3) is 0 Å². The molecule has 1 unspecified atom stereocenters. The summed E-state index contributed by atoms with van der Waals surface area (Å²) in [5.74, 6) is 0.718. The molecular formula is C16H32N2O. The van der Waals surface area contributed by atoms with Gasteiger partial charge in [0.05, 0.1) is 6.61 Å². The topological polar surface area (TPSA) is 24.5 Å². The van der Waals surface area contributed by atoms with E-state index in [9.17, 15) is 0 Å². The zero-order valence-electron chi connectivity index (χ0n) is 13.1. The lowest BCUT2D eigenvalue weighted by Gasteiger charge is -2.53. The molecule has 1 spiro atoms. The van der Waals surface area contributed by atoms with Crippen molar-refractivity contribution in [1.82, 2.24) is 10.2 Å². The van der Waals surface area contributed by atoms with Crippen LogP contribution in [0.15, 0.2) is 0 Å². The lowest BCUT2D eigenvalue weighted by atomic mass is 9.77. The molecule has 0 aromatic rings. The van der Waals surface area contributed by atoms with Crippen molar-refractivity contribution in [3.63, 3.8) is 0 Å². The second-order valence-electron chi connectivity index (χ2n) is 6.66. The van der Waals surface area contributed by atoms with Crippen molar-refractivity contribution in [1.29, 1.82) is 0 Å². The average molecular weight is 268 g/mol. The van der Waals surface area contributed by atoms with Crippen molar-refractivity contribution in [2.45, 2.75) is 64.5 Å². The predicted molar refractivity (Wildman–Crippen MR) is 80.5 cm³/mol. The third-order valence-corrected chi connectivity index (χ3v) is 5.08. The standard InChI is InChI=1S/C16H32N2O/c1-4-19-11-10-18-12-15(14(2)3)17-13-16(18)8-6-5-7-9-16/h14-15,17H,4-13H2,1-3H3. The summed E-state index contributed by atoms with van der Waals surface area (Å²) in [6, 6.07) is 0.647. The molecule has 0 aromatic carbocycles. The number of ether oxygens (including phenoxy) is 1. The molecule has 0 bridgehead atoms. The van der Waals surface area contributed by atoms with E-state index < -0.39 is 0 Å². The van der Waals surface area contributed by atoms with Crippen LogP contribution in [0.25, 0.3) is 0 Å². The van der Waals surface area contributed by atoms with Crippen LogP contribution < -0.4 is 5.32 Å². The quantitative estimate of drug-likeness (QED) is 0.776. The van der Waals surface area contributed by atoms with E-state index in [-0.39, 0.29) is 0 Å². The Bertz CT molecular complexity index is 261. The van der Waals surface area contributed by atoms with Crippen LogP contribution in [0.3, 0.4) is 0 Å². The SMILES string of the molecule is CCOCCN1CC(C(C)C)NCC12CCCCC2. The predicted octanol–water partition coefficient (Wildman–Crippen LogP) is 2.66. The van der Waals surface area contributed by atoms with Crippen molar-refractivity contribution in [3.8, 4) is 0 Å². The highest BCUT2D eigenvalue weighted by molar-refractivity contribution is 5.01. The normalized spacial score (nSPS) is 28.1. The second kappa shape index (κ2) is 7.05. The first-order chi connectivity index (χ1) is 9.18. The maximum atomic E-state index is 5.60. The molecule has 1 atom stereocenters. The zero-order valence-corrected chi connectivity index (χ0v) is 13.1. The van der Waals surface area contributed by atoms with Gasteiger partial charge in [0.1, 0.15) is 0 Å². The monoisotopic (exact) mass is 268 g/mol. The van der Waals surface area contributed by atoms with Crippen LogP contribution in [0.5, 0.6) is 0 Å². The summed E-state index contributed by atoms with van der Waals surface area (Å²) >= 11 is 0. The molecule has 19 heavy (non-hydrogen) atoms. The minimum Gasteiger partial charge on any atom is -0.380 e. The van der Waals surface area contributed by atoms with Gasteiger partial charge < -0.3 is 10.1 Å². The van der Waals surface area contributed by atoms with E-state index in [0.29, 0.717) is 11.6 Å². The summed E-state index contributed by atoms with van der Waals surface area (Å²) < 4.78 is 5.60. The van der Waals surface area contributed by atoms with Gasteiger partial charge >= 0.3 is 0 Å². The summed E-state index contributed by atoms with van der Waals surface area (Å²) in [6.45, 7) is 12.0. The smallest absolute Gasteiger partial charge is 0.0593 e. The van der Waals surface area contributed by atoms with Crippen LogP contribution in [-0.4, -0.2) is 49.3 Å². The van der Waals surface area contributed by atoms with E-state index >= 15 is 0 Å². The molecule has 2 rings (SSSR count). The first kappa shape index (κ1) is 15.3. The Hall–Kier alpha value is -0.120. The van der Waals surface area contributed by atoms with Gasteiger partial charge in [-0.25, -0.2) is 0 Å². The summed E-state index contributed by atoms with van der Waals surface area (Å²) in [5.41, 5.74) is 0.431. The molecule has 1 saturated heterocycles. The van der Waals surface area contributed by atoms with Crippen LogP contribution in [0, 0.1) is 5.92 Å². The largest absolute Gasteiger partial charge is 0.380 e. The van der Waals surface area contributed by atoms with Crippen molar-refractivity contribution in [2.24, 2.45) is 5.92 Å². The molecule has 0 amide bonds. The molecule has 0 radical (unpaired) electrons. The molecule has 1 aliphatic heterocycles. The highest BCUT2D eigenvalue weighted by Gasteiger charge is 2.42. The molecule has 3 nitrogen and oxygen atoms in total. The molecular weight excluding hydrogens is 236 g/mol. The zero-order chi connectivity index (χ0) is 13.7. The number of rotatable bonds is 5. The number of piperazine rings is 1. The number of hydrogen-bond acceptors (Lipinski definition) is 3. The third kappa shape index (κ3) is 3.71. The van der Waals surface area contributed by atoms with Crippen LogP contribution >= 0.6 is 0 Å². The molecule has 1 aliphatic carbocycles. The summed E-state index contributed by atoms with van der Waals surface area (Å²) in [6.07, 6.45) is 6.97. The summed E-state index contributed by atoms with van der Waals surface area (Å²) in [5, 5.41) is 3.82. The van der Waals surface area contributed by atoms with Crippen LogP contribution in [-0.2, 0) is 4.74 Å². The Kier molecular flexibility index (Phi) is 5.67. The maximum absolute atomic E-state index is 5.60. The van der Waals surface area contributed by atoms with Gasteiger partial charge in [-0.05, 0) is 25.7 Å². The van der Waals surface area contributed by atoms with Crippen LogP contribution in [0.2, 0.25) is 0 Å². The summed E-state index contributed by atoms with van der Waals surface area (Å²) in [7, 11) is 0. The van der Waals surface area contributed by atoms with Crippen molar-refractivity contribution < 1.29 is 4.74 Å². The van der Waals surface area contributed by atoms with E-state index in [0.717, 1.165) is 25.7 Å². The lowest BCUT2D eigenvalue weighted by Crippen LogP contribution is -2.66. The van der Waals surface area contributed by atoms with E-state index in [1.807, 2.05) is 0 Å². The van der Waals surface area contributed by atoms with Gasteiger partial charge in [-0.15, -0.1) is 0 Å². The van der Waals surface area contributed by atoms with Gasteiger partial charge in [-0.3, -0.25) is 4.90 Å². The minimum atomic E-state index is 0.431. The average Bonchev–Trinajstić information content (AvgIpc) is 2.42. The van der Waals surface area contributed by atoms with Gasteiger partial charge in [0.15, 0.2) is 0 Å². The fourth-order valence-electron chi connectivity index (χ4n) is 3.73. The van der Waals surface area contributed by atoms with E-state index in [1.54, 1.807) is 0 Å². The lowest BCUT2D eigenvalue weighted by molar-refractivity contribution is -0.0163. The molecule has 2 fully saturated rings. The molecule has 1 heterocycles. The van der Waals surface area contributed by atoms with Gasteiger partial charge in [-0.1, -0.05) is 33.1 Å².